The molecule has 4 unspecified atom stereocenters. The average molecular weight is 660 g/mol. The molecule has 0 saturated carbocycles. The van der Waals surface area contributed by atoms with Crippen molar-refractivity contribution in [2.24, 2.45) is 0 Å². The zero-order chi connectivity index (χ0) is 31.8. The van der Waals surface area contributed by atoms with Crippen LogP contribution in [0.3, 0.4) is 0 Å². The number of hydrogen-bond acceptors (Lipinski definition) is 8. The van der Waals surface area contributed by atoms with Crippen LogP contribution in [0.4, 0.5) is 0 Å². The zero-order valence-electron chi connectivity index (χ0n) is 25.7. The van der Waals surface area contributed by atoms with Crippen molar-refractivity contribution in [1.29, 1.82) is 0 Å². The molecule has 15 heteroatoms. The number of amides is 1. The Kier molecular flexibility index (Phi) is 13.2. The van der Waals surface area contributed by atoms with E-state index in [2.05, 4.69) is 5.32 Å². The van der Waals surface area contributed by atoms with Crippen LogP contribution in [0.15, 0.2) is 42.5 Å². The second-order valence-electron chi connectivity index (χ2n) is 12.1. The summed E-state index contributed by atoms with van der Waals surface area (Å²) in [5, 5.41) is 5.28. The number of benzene rings is 2. The van der Waals surface area contributed by atoms with Gasteiger partial charge in [-0.05, 0) is 23.3 Å². The number of nitrogens with zero attached hydrogens (tertiary/aromatic N) is 4. The lowest BCUT2D eigenvalue weighted by molar-refractivity contribution is -0.123. The van der Waals surface area contributed by atoms with Crippen LogP contribution in [0.2, 0.25) is 0 Å². The van der Waals surface area contributed by atoms with Gasteiger partial charge in [0.05, 0.1) is 31.4 Å². The van der Waals surface area contributed by atoms with Gasteiger partial charge in [-0.3, -0.25) is 38.1 Å². The maximum absolute atomic E-state index is 13.3. The number of carbonyl (C=O) groups is 1. The van der Waals surface area contributed by atoms with E-state index in [4.69, 9.17) is 0 Å². The van der Waals surface area contributed by atoms with Gasteiger partial charge in [0.1, 0.15) is 0 Å². The summed E-state index contributed by atoms with van der Waals surface area (Å²) in [5.74, 6) is -0.162. The number of nitrogens with one attached hydrogen (secondary N) is 1. The molecule has 0 radical (unpaired) electrons. The smallest absolute Gasteiger partial charge is 0.234 e. The molecule has 1 saturated heterocycles. The summed E-state index contributed by atoms with van der Waals surface area (Å²) < 4.78 is 36.9. The molecule has 43 heavy (non-hydrogen) atoms. The molecular formula is C28H48N5O7P3. The summed E-state index contributed by atoms with van der Waals surface area (Å²) in [4.78, 5) is 51.1. The number of rotatable bonds is 10. The van der Waals surface area contributed by atoms with Gasteiger partial charge in [0.15, 0.2) is 0 Å². The van der Waals surface area contributed by atoms with Crippen molar-refractivity contribution in [1.82, 2.24) is 24.9 Å². The molecule has 2 aromatic carbocycles. The number of carbonyl (C=O) groups excluding carboxylic acids is 1. The molecule has 4 atom stereocenters. The van der Waals surface area contributed by atoms with Gasteiger partial charge >= 0.3 is 0 Å². The normalized spacial score (nSPS) is 22.4. The lowest BCUT2D eigenvalue weighted by atomic mass is 10.00. The largest absolute Gasteiger partial charge is 0.348 e. The van der Waals surface area contributed by atoms with E-state index in [1.807, 2.05) is 69.0 Å². The third-order valence-corrected chi connectivity index (χ3v) is 10.1. The van der Waals surface area contributed by atoms with Crippen LogP contribution in [0, 0.1) is 0 Å². The summed E-state index contributed by atoms with van der Waals surface area (Å²) in [6, 6.07) is 13.8. The highest BCUT2D eigenvalue weighted by molar-refractivity contribution is 7.57. The second kappa shape index (κ2) is 15.7. The Hall–Kier alpha value is -1.42. The Labute approximate surface area is 255 Å². The van der Waals surface area contributed by atoms with Gasteiger partial charge < -0.3 is 20.0 Å². The number of fused-ring (bicyclic) bond motifs is 1. The van der Waals surface area contributed by atoms with E-state index in [-0.39, 0.29) is 37.4 Å². The molecule has 12 nitrogen and oxygen atoms in total. The zero-order valence-corrected chi connectivity index (χ0v) is 28.4. The molecule has 1 amide bonds. The molecule has 3 rings (SSSR count). The molecule has 1 aliphatic rings. The molecule has 0 bridgehead atoms. The van der Waals surface area contributed by atoms with Crippen molar-refractivity contribution >= 4 is 38.8 Å². The van der Waals surface area contributed by atoms with Crippen molar-refractivity contribution in [2.45, 2.75) is 13.0 Å². The quantitative estimate of drug-likeness (QED) is 0.279. The summed E-state index contributed by atoms with van der Waals surface area (Å²) in [6.07, 6.45) is -0.100. The van der Waals surface area contributed by atoms with Gasteiger partial charge in [-0.15, -0.1) is 0 Å². The van der Waals surface area contributed by atoms with Crippen molar-refractivity contribution in [2.75, 3.05) is 97.8 Å². The Morgan fingerprint density at radius 3 is 1.53 bits per heavy atom. The fraction of sp³-hybridized carbons (Fsp3) is 0.607. The molecule has 2 aromatic rings. The summed E-state index contributed by atoms with van der Waals surface area (Å²) in [7, 11) is -10.2. The van der Waals surface area contributed by atoms with E-state index in [0.717, 1.165) is 16.3 Å². The minimum absolute atomic E-state index is 0.0302. The van der Waals surface area contributed by atoms with Crippen LogP contribution in [-0.4, -0.2) is 138 Å². The van der Waals surface area contributed by atoms with E-state index >= 15 is 0 Å². The van der Waals surface area contributed by atoms with Crippen LogP contribution in [0.1, 0.15) is 18.5 Å². The molecule has 242 valence electrons. The molecule has 0 aliphatic carbocycles. The minimum Gasteiger partial charge on any atom is -0.348 e. The predicted octanol–water partition coefficient (Wildman–Crippen LogP) is 2.81. The Balaban J connectivity index is 1.77. The van der Waals surface area contributed by atoms with Crippen molar-refractivity contribution in [3.63, 3.8) is 0 Å². The Morgan fingerprint density at radius 2 is 1.09 bits per heavy atom. The van der Waals surface area contributed by atoms with Crippen molar-refractivity contribution in [3.8, 4) is 0 Å². The van der Waals surface area contributed by atoms with E-state index in [9.17, 15) is 33.2 Å². The van der Waals surface area contributed by atoms with Gasteiger partial charge in [0, 0.05) is 72.4 Å². The Bertz CT molecular complexity index is 1320. The van der Waals surface area contributed by atoms with E-state index in [1.165, 1.54) is 20.0 Å². The first kappa shape index (κ1) is 36.1. The standard InChI is InChI=1S/C28H48N5O7P3/c1-24(26-11-7-9-25-8-5-6-10-27(25)26)29-28(34)20-30-12-14-31(21-41(2,35)36)16-18-33(23-43(4,39)40)19-17-32(15-13-30)22-42(3,37)38/h5-11,24H,12-23H2,1-4H3,(H,29,34)(H,35,36)(H,37,38)(H,39,40). The first-order valence-electron chi connectivity index (χ1n) is 14.5. The van der Waals surface area contributed by atoms with Gasteiger partial charge in [-0.2, -0.15) is 0 Å². The maximum Gasteiger partial charge on any atom is 0.234 e. The van der Waals surface area contributed by atoms with E-state index in [0.29, 0.717) is 52.4 Å². The van der Waals surface area contributed by atoms with Crippen molar-refractivity contribution in [3.05, 3.63) is 48.0 Å². The van der Waals surface area contributed by atoms with Gasteiger partial charge in [-0.1, -0.05) is 42.5 Å². The van der Waals surface area contributed by atoms with E-state index < -0.39 is 22.1 Å². The predicted molar refractivity (Wildman–Crippen MR) is 174 cm³/mol. The highest BCUT2D eigenvalue weighted by Crippen LogP contribution is 2.38. The van der Waals surface area contributed by atoms with Gasteiger partial charge in [-0.25, -0.2) is 0 Å². The first-order valence-corrected chi connectivity index (χ1v) is 21.4. The maximum atomic E-state index is 13.3. The molecule has 1 fully saturated rings. The van der Waals surface area contributed by atoms with Crippen LogP contribution >= 0.6 is 22.1 Å². The monoisotopic (exact) mass is 659 g/mol. The fourth-order valence-electron chi connectivity index (χ4n) is 5.47. The fourth-order valence-corrected chi connectivity index (χ4v) is 8.55. The van der Waals surface area contributed by atoms with Crippen LogP contribution in [-0.2, 0) is 18.5 Å². The first-order chi connectivity index (χ1) is 20.0. The molecule has 4 N–H and O–H groups in total. The average Bonchev–Trinajstić information content (AvgIpc) is 2.87. The topological polar surface area (TPSA) is 154 Å². The third-order valence-electron chi connectivity index (χ3n) is 7.35. The van der Waals surface area contributed by atoms with Gasteiger partial charge in [0.2, 0.25) is 28.0 Å². The highest BCUT2D eigenvalue weighted by atomic mass is 31.2. The second-order valence-corrected chi connectivity index (χ2v) is 19.2. The third kappa shape index (κ3) is 13.6. The molecular weight excluding hydrogens is 611 g/mol. The lowest BCUT2D eigenvalue weighted by Gasteiger charge is -2.35. The Morgan fingerprint density at radius 1 is 0.698 bits per heavy atom. The van der Waals surface area contributed by atoms with Crippen LogP contribution in [0.5, 0.6) is 0 Å². The molecule has 0 aromatic heterocycles. The minimum atomic E-state index is -3.39. The molecule has 0 spiro atoms. The van der Waals surface area contributed by atoms with Crippen LogP contribution < -0.4 is 5.32 Å². The number of hydrogen-bond donors (Lipinski definition) is 4. The summed E-state index contributed by atoms with van der Waals surface area (Å²) in [5.41, 5.74) is 1.02. The van der Waals surface area contributed by atoms with Crippen molar-refractivity contribution < 1.29 is 33.2 Å². The van der Waals surface area contributed by atoms with Gasteiger partial charge in [0.25, 0.3) is 0 Å². The SMILES string of the molecule is CC(NC(=O)CN1CCN(CP(C)(=O)O)CCN(CP(C)(=O)O)CCN(CP(C)(=O)O)CC1)c1cccc2ccccc12. The molecule has 1 heterocycles. The summed E-state index contributed by atoms with van der Waals surface area (Å²) in [6.45, 7) is 9.20. The molecule has 1 aliphatic heterocycles. The highest BCUT2D eigenvalue weighted by Gasteiger charge is 2.25. The van der Waals surface area contributed by atoms with Crippen LogP contribution in [0.25, 0.3) is 10.8 Å². The lowest BCUT2D eigenvalue weighted by Crippen LogP contribution is -2.48. The summed E-state index contributed by atoms with van der Waals surface area (Å²) >= 11 is 0. The van der Waals surface area contributed by atoms with E-state index in [1.54, 1.807) is 0 Å².